The number of Topliss-reactive ketones (excluding diaryl/α,β-unsaturated/α-hetero) is 1. The number of nitrogens with zero attached hydrogens (tertiary/aromatic N) is 3. The number of rotatable bonds is 8. The Kier molecular flexibility index (Phi) is 6.89. The number of aromatic nitrogens is 3. The molecule has 2 aromatic carbocycles. The number of ether oxygens (including phenoxy) is 1. The van der Waals surface area contributed by atoms with Crippen molar-refractivity contribution in [2.75, 3.05) is 11.1 Å². The Morgan fingerprint density at radius 1 is 1.10 bits per heavy atom. The van der Waals surface area contributed by atoms with Crippen molar-refractivity contribution in [3.05, 3.63) is 65.5 Å². The zero-order valence-electron chi connectivity index (χ0n) is 17.4. The van der Waals surface area contributed by atoms with Gasteiger partial charge in [-0.2, -0.15) is 0 Å². The summed E-state index contributed by atoms with van der Waals surface area (Å²) in [5, 5.41) is 11.8. The maximum absolute atomic E-state index is 12.2. The number of hydrogen-bond acceptors (Lipinski definition) is 6. The van der Waals surface area contributed by atoms with Crippen molar-refractivity contribution >= 4 is 29.1 Å². The van der Waals surface area contributed by atoms with Gasteiger partial charge in [-0.15, -0.1) is 10.2 Å². The van der Waals surface area contributed by atoms with E-state index < -0.39 is 0 Å². The minimum atomic E-state index is -0.284. The Morgan fingerprint density at radius 3 is 2.40 bits per heavy atom. The molecule has 1 N–H and O–H groups in total. The molecular formula is C22H24N4O3S. The summed E-state index contributed by atoms with van der Waals surface area (Å²) in [5.74, 6) is 1.46. The molecule has 1 unspecified atom stereocenters. The first-order valence-electron chi connectivity index (χ1n) is 9.49. The number of anilines is 1. The van der Waals surface area contributed by atoms with Crippen LogP contribution in [0.1, 0.15) is 41.7 Å². The number of nitrogens with one attached hydrogen (secondary N) is 1. The van der Waals surface area contributed by atoms with Crippen LogP contribution in [0.2, 0.25) is 0 Å². The van der Waals surface area contributed by atoms with Gasteiger partial charge in [0.25, 0.3) is 0 Å². The number of benzene rings is 2. The second kappa shape index (κ2) is 9.58. The molecular weight excluding hydrogens is 400 g/mol. The first-order valence-corrected chi connectivity index (χ1v) is 10.5. The molecule has 0 saturated carbocycles. The molecule has 8 heteroatoms. The minimum absolute atomic E-state index is 0.0119. The second-order valence-electron chi connectivity index (χ2n) is 6.94. The fourth-order valence-electron chi connectivity index (χ4n) is 2.79. The number of aryl methyl sites for hydroxylation is 1. The average molecular weight is 425 g/mol. The summed E-state index contributed by atoms with van der Waals surface area (Å²) in [6.07, 6.45) is -0.284. The van der Waals surface area contributed by atoms with Gasteiger partial charge in [-0.3, -0.25) is 9.59 Å². The predicted octanol–water partition coefficient (Wildman–Crippen LogP) is 4.20. The number of hydrogen-bond donors (Lipinski definition) is 1. The highest BCUT2D eigenvalue weighted by Gasteiger charge is 2.18. The topological polar surface area (TPSA) is 86.1 Å². The van der Waals surface area contributed by atoms with Gasteiger partial charge in [-0.05, 0) is 57.2 Å². The van der Waals surface area contributed by atoms with E-state index in [1.165, 1.54) is 24.2 Å². The maximum atomic E-state index is 12.2. The highest BCUT2D eigenvalue weighted by molar-refractivity contribution is 7.99. The summed E-state index contributed by atoms with van der Waals surface area (Å²) >= 11 is 1.30. The molecule has 0 radical (unpaired) electrons. The van der Waals surface area contributed by atoms with Crippen molar-refractivity contribution < 1.29 is 14.3 Å². The number of ketones is 1. The molecule has 0 fully saturated rings. The molecule has 1 heterocycles. The average Bonchev–Trinajstić information content (AvgIpc) is 3.09. The van der Waals surface area contributed by atoms with Gasteiger partial charge < -0.3 is 14.6 Å². The monoisotopic (exact) mass is 424 g/mol. The zero-order chi connectivity index (χ0) is 21.7. The third-order valence-electron chi connectivity index (χ3n) is 4.47. The molecule has 3 rings (SSSR count). The smallest absolute Gasteiger partial charge is 0.234 e. The number of amides is 1. The lowest BCUT2D eigenvalue weighted by atomic mass is 10.1. The molecule has 30 heavy (non-hydrogen) atoms. The van der Waals surface area contributed by atoms with E-state index in [9.17, 15) is 9.59 Å². The van der Waals surface area contributed by atoms with Crippen LogP contribution in [0.25, 0.3) is 0 Å². The van der Waals surface area contributed by atoms with E-state index in [0.29, 0.717) is 22.2 Å². The lowest BCUT2D eigenvalue weighted by Gasteiger charge is -2.14. The van der Waals surface area contributed by atoms with Crippen LogP contribution in [-0.4, -0.2) is 32.2 Å². The van der Waals surface area contributed by atoms with E-state index in [0.717, 1.165) is 5.75 Å². The largest absolute Gasteiger partial charge is 0.483 e. The molecule has 0 aliphatic heterocycles. The van der Waals surface area contributed by atoms with E-state index in [1.807, 2.05) is 49.7 Å². The quantitative estimate of drug-likeness (QED) is 0.431. The van der Waals surface area contributed by atoms with Gasteiger partial charge in [0.15, 0.2) is 22.9 Å². The van der Waals surface area contributed by atoms with Gasteiger partial charge in [0.1, 0.15) is 5.75 Å². The van der Waals surface area contributed by atoms with Gasteiger partial charge in [0.2, 0.25) is 5.91 Å². The summed E-state index contributed by atoms with van der Waals surface area (Å²) in [6, 6.07) is 14.6. The van der Waals surface area contributed by atoms with Crippen molar-refractivity contribution in [3.8, 4) is 5.75 Å². The minimum Gasteiger partial charge on any atom is -0.483 e. The van der Waals surface area contributed by atoms with Crippen molar-refractivity contribution in [1.82, 2.24) is 14.8 Å². The van der Waals surface area contributed by atoms with E-state index in [1.54, 1.807) is 24.3 Å². The van der Waals surface area contributed by atoms with Crippen molar-refractivity contribution in [1.29, 1.82) is 0 Å². The Morgan fingerprint density at radius 2 is 1.77 bits per heavy atom. The predicted molar refractivity (Wildman–Crippen MR) is 117 cm³/mol. The van der Waals surface area contributed by atoms with E-state index in [4.69, 9.17) is 4.74 Å². The number of thioether (sulfide) groups is 1. The summed E-state index contributed by atoms with van der Waals surface area (Å²) in [4.78, 5) is 23.6. The van der Waals surface area contributed by atoms with E-state index in [2.05, 4.69) is 15.5 Å². The van der Waals surface area contributed by atoms with Gasteiger partial charge >= 0.3 is 0 Å². The standard InChI is InChI=1S/C22H24N4O3S/c1-14-5-11-19(12-6-14)29-16(3)21-24-25-22(26(21)4)30-13-20(28)23-18-9-7-17(8-10-18)15(2)27/h5-12,16H,13H2,1-4H3,(H,23,28). The first kappa shape index (κ1) is 21.6. The van der Waals surface area contributed by atoms with Gasteiger partial charge in [-0.1, -0.05) is 29.5 Å². The van der Waals surface area contributed by atoms with Crippen LogP contribution < -0.4 is 10.1 Å². The third-order valence-corrected chi connectivity index (χ3v) is 5.49. The molecule has 156 valence electrons. The van der Waals surface area contributed by atoms with Crippen LogP contribution in [0.3, 0.4) is 0 Å². The van der Waals surface area contributed by atoms with Crippen molar-refractivity contribution in [3.63, 3.8) is 0 Å². The van der Waals surface area contributed by atoms with E-state index in [-0.39, 0.29) is 23.5 Å². The molecule has 1 aromatic heterocycles. The first-order chi connectivity index (χ1) is 14.3. The summed E-state index contributed by atoms with van der Waals surface area (Å²) in [5.41, 5.74) is 2.42. The molecule has 0 aliphatic rings. The fraction of sp³-hybridized carbons (Fsp3) is 0.273. The Bertz CT molecular complexity index is 1030. The molecule has 7 nitrogen and oxygen atoms in total. The van der Waals surface area contributed by atoms with Gasteiger partial charge in [0.05, 0.1) is 5.75 Å². The lowest BCUT2D eigenvalue weighted by Crippen LogP contribution is -2.15. The molecule has 0 spiro atoms. The van der Waals surface area contributed by atoms with Crippen LogP contribution in [0.15, 0.2) is 53.7 Å². The van der Waals surface area contributed by atoms with Crippen molar-refractivity contribution in [2.24, 2.45) is 7.05 Å². The highest BCUT2D eigenvalue weighted by Crippen LogP contribution is 2.24. The van der Waals surface area contributed by atoms with Crippen LogP contribution >= 0.6 is 11.8 Å². The molecule has 1 amide bonds. The SMILES string of the molecule is CC(=O)c1ccc(NC(=O)CSc2nnc(C(C)Oc3ccc(C)cc3)n2C)cc1. The van der Waals surface area contributed by atoms with Crippen LogP contribution in [0, 0.1) is 6.92 Å². The normalized spacial score (nSPS) is 11.7. The number of carbonyl (C=O) groups is 2. The van der Waals surface area contributed by atoms with Crippen molar-refractivity contribution in [2.45, 2.75) is 32.0 Å². The van der Waals surface area contributed by atoms with Crippen LogP contribution in [-0.2, 0) is 11.8 Å². The molecule has 0 aliphatic carbocycles. The molecule has 1 atom stereocenters. The van der Waals surface area contributed by atoms with Gasteiger partial charge in [0, 0.05) is 18.3 Å². The number of carbonyl (C=O) groups excluding carboxylic acids is 2. The third kappa shape index (κ3) is 5.48. The highest BCUT2D eigenvalue weighted by atomic mass is 32.2. The second-order valence-corrected chi connectivity index (χ2v) is 7.89. The van der Waals surface area contributed by atoms with Gasteiger partial charge in [-0.25, -0.2) is 0 Å². The Labute approximate surface area is 179 Å². The Hall–Kier alpha value is -3.13. The van der Waals surface area contributed by atoms with Crippen LogP contribution in [0.4, 0.5) is 5.69 Å². The van der Waals surface area contributed by atoms with E-state index >= 15 is 0 Å². The lowest BCUT2D eigenvalue weighted by molar-refractivity contribution is -0.113. The van der Waals surface area contributed by atoms with Crippen LogP contribution in [0.5, 0.6) is 5.75 Å². The Balaban J connectivity index is 1.55. The summed E-state index contributed by atoms with van der Waals surface area (Å²) in [6.45, 7) is 5.44. The summed E-state index contributed by atoms with van der Waals surface area (Å²) in [7, 11) is 1.85. The molecule has 0 saturated heterocycles. The molecule has 0 bridgehead atoms. The zero-order valence-corrected chi connectivity index (χ0v) is 18.2. The summed E-state index contributed by atoms with van der Waals surface area (Å²) < 4.78 is 7.78. The molecule has 3 aromatic rings. The maximum Gasteiger partial charge on any atom is 0.234 e. The fourth-order valence-corrected chi connectivity index (χ4v) is 3.51.